The van der Waals surface area contributed by atoms with Gasteiger partial charge in [0.05, 0.1) is 23.4 Å². The van der Waals surface area contributed by atoms with Crippen molar-refractivity contribution in [3.8, 4) is 0 Å². The van der Waals surface area contributed by atoms with Crippen molar-refractivity contribution in [2.75, 3.05) is 45.6 Å². The smallest absolute Gasteiger partial charge is 0.325 e. The molecule has 2 atom stereocenters. The Morgan fingerprint density at radius 2 is 2.07 bits per heavy atom. The Hall–Kier alpha value is -2.37. The molecule has 0 bridgehead atoms. The lowest BCUT2D eigenvalue weighted by atomic mass is 10.1. The quantitative estimate of drug-likeness (QED) is 0.708. The molecule has 1 aromatic heterocycles. The van der Waals surface area contributed by atoms with Crippen LogP contribution >= 0.6 is 23.1 Å². The number of guanidine groups is 1. The average molecular weight is 447 g/mol. The fraction of sp³-hybridized carbons (Fsp3) is 0.474. The highest BCUT2D eigenvalue weighted by Crippen LogP contribution is 2.31. The standard InChI is InChI=1S/C19H22N6O3S2/c1-23-15-14(16(26)22-18(23)27)25(17(21-15)24-6-9-28-10-7-24)8-11-29-19-20-12-4-2-3-5-13(12)30-19/h2-5,14-15H,6-11H2,1H3,(H,22,26,27). The maximum absolute atomic E-state index is 12.7. The Bertz CT molecular complexity index is 972. The van der Waals surface area contributed by atoms with E-state index in [4.69, 9.17) is 9.73 Å². The average Bonchev–Trinajstić information content (AvgIpc) is 3.34. The largest absolute Gasteiger partial charge is 0.378 e. The van der Waals surface area contributed by atoms with Crippen molar-refractivity contribution in [2.24, 2.45) is 4.99 Å². The number of hydrogen-bond donors (Lipinski definition) is 1. The molecule has 3 amide bonds. The summed E-state index contributed by atoms with van der Waals surface area (Å²) in [7, 11) is 1.68. The molecule has 4 heterocycles. The van der Waals surface area contributed by atoms with Crippen molar-refractivity contribution in [3.63, 3.8) is 0 Å². The number of amides is 3. The van der Waals surface area contributed by atoms with E-state index in [2.05, 4.69) is 21.3 Å². The van der Waals surface area contributed by atoms with Crippen molar-refractivity contribution in [3.05, 3.63) is 24.3 Å². The number of aromatic nitrogens is 1. The van der Waals surface area contributed by atoms with Gasteiger partial charge in [-0.25, -0.2) is 14.8 Å². The van der Waals surface area contributed by atoms with Gasteiger partial charge in [-0.1, -0.05) is 23.9 Å². The van der Waals surface area contributed by atoms with Crippen molar-refractivity contribution < 1.29 is 14.3 Å². The van der Waals surface area contributed by atoms with Gasteiger partial charge in [0.2, 0.25) is 0 Å². The van der Waals surface area contributed by atoms with Gasteiger partial charge in [0.1, 0.15) is 0 Å². The first kappa shape index (κ1) is 19.6. The molecule has 2 saturated heterocycles. The number of benzene rings is 1. The van der Waals surface area contributed by atoms with Crippen LogP contribution in [0.1, 0.15) is 0 Å². The highest BCUT2D eigenvalue weighted by molar-refractivity contribution is 8.01. The van der Waals surface area contributed by atoms with Crippen LogP contribution in [0, 0.1) is 0 Å². The monoisotopic (exact) mass is 446 g/mol. The Morgan fingerprint density at radius 1 is 1.27 bits per heavy atom. The van der Waals surface area contributed by atoms with E-state index in [1.165, 1.54) is 9.60 Å². The van der Waals surface area contributed by atoms with Crippen LogP contribution in [-0.2, 0) is 9.53 Å². The van der Waals surface area contributed by atoms with E-state index >= 15 is 0 Å². The third kappa shape index (κ3) is 3.50. The lowest BCUT2D eigenvalue weighted by Gasteiger charge is -2.38. The number of ether oxygens (including phenoxy) is 1. The van der Waals surface area contributed by atoms with Gasteiger partial charge in [0.15, 0.2) is 22.5 Å². The van der Waals surface area contributed by atoms with E-state index in [0.29, 0.717) is 19.8 Å². The number of fused-ring (bicyclic) bond motifs is 2. The number of thioether (sulfide) groups is 1. The maximum atomic E-state index is 12.7. The van der Waals surface area contributed by atoms with E-state index in [1.807, 2.05) is 23.1 Å². The van der Waals surface area contributed by atoms with E-state index in [0.717, 1.165) is 34.7 Å². The molecule has 2 fully saturated rings. The minimum atomic E-state index is -0.512. The number of nitrogens with one attached hydrogen (secondary N) is 1. The predicted molar refractivity (Wildman–Crippen MR) is 116 cm³/mol. The van der Waals surface area contributed by atoms with Gasteiger partial charge >= 0.3 is 6.03 Å². The topological polar surface area (TPSA) is 90.4 Å². The number of nitrogens with zero attached hydrogens (tertiary/aromatic N) is 5. The second-order valence-electron chi connectivity index (χ2n) is 7.28. The van der Waals surface area contributed by atoms with Crippen LogP contribution in [-0.4, -0.2) is 95.4 Å². The zero-order chi connectivity index (χ0) is 20.7. The molecule has 1 aromatic carbocycles. The zero-order valence-electron chi connectivity index (χ0n) is 16.5. The van der Waals surface area contributed by atoms with Crippen LogP contribution in [0.25, 0.3) is 10.2 Å². The second kappa shape index (κ2) is 8.05. The molecule has 0 radical (unpaired) electrons. The number of likely N-dealkylation sites (N-methyl/N-ethyl adjacent to an activating group) is 1. The van der Waals surface area contributed by atoms with Gasteiger partial charge in [-0.05, 0) is 12.1 Å². The molecule has 2 unspecified atom stereocenters. The molecular formula is C19H22N6O3S2. The second-order valence-corrected chi connectivity index (χ2v) is 9.65. The third-order valence-corrected chi connectivity index (χ3v) is 7.62. The highest BCUT2D eigenvalue weighted by Gasteiger charge is 2.49. The first-order chi connectivity index (χ1) is 14.6. The van der Waals surface area contributed by atoms with Crippen LogP contribution in [0.3, 0.4) is 0 Å². The van der Waals surface area contributed by atoms with E-state index in [-0.39, 0.29) is 5.91 Å². The molecule has 9 nitrogen and oxygen atoms in total. The Morgan fingerprint density at radius 3 is 2.87 bits per heavy atom. The first-order valence-corrected chi connectivity index (χ1v) is 11.7. The molecular weight excluding hydrogens is 424 g/mol. The SMILES string of the molecule is CN1C(=O)NC(=O)C2C1N=C(N1CCOCC1)N2CCSc1nc2ccccc2s1. The van der Waals surface area contributed by atoms with Crippen molar-refractivity contribution >= 4 is 51.2 Å². The van der Waals surface area contributed by atoms with Gasteiger partial charge in [-0.3, -0.25) is 10.1 Å². The van der Waals surface area contributed by atoms with Crippen molar-refractivity contribution in [1.82, 2.24) is 25.0 Å². The summed E-state index contributed by atoms with van der Waals surface area (Å²) in [5.41, 5.74) is 1.01. The fourth-order valence-electron chi connectivity index (χ4n) is 3.92. The molecule has 11 heteroatoms. The van der Waals surface area contributed by atoms with Gasteiger partial charge in [0.25, 0.3) is 5.91 Å². The van der Waals surface area contributed by atoms with Gasteiger partial charge in [0, 0.05) is 32.4 Å². The van der Waals surface area contributed by atoms with Crippen LogP contribution in [0.2, 0.25) is 0 Å². The van der Waals surface area contributed by atoms with Gasteiger partial charge in [-0.15, -0.1) is 11.3 Å². The molecule has 0 aliphatic carbocycles. The van der Waals surface area contributed by atoms with Crippen molar-refractivity contribution in [1.29, 1.82) is 0 Å². The number of aliphatic imine (C=N–C) groups is 1. The number of thiazole rings is 1. The number of rotatable bonds is 4. The number of urea groups is 1. The number of imide groups is 1. The van der Waals surface area contributed by atoms with Gasteiger partial charge in [-0.2, -0.15) is 0 Å². The Balaban J connectivity index is 1.34. The van der Waals surface area contributed by atoms with Crippen LogP contribution < -0.4 is 5.32 Å². The molecule has 3 aliphatic heterocycles. The zero-order valence-corrected chi connectivity index (χ0v) is 18.1. The Kier molecular flexibility index (Phi) is 5.25. The summed E-state index contributed by atoms with van der Waals surface area (Å²) in [6.45, 7) is 3.33. The summed E-state index contributed by atoms with van der Waals surface area (Å²) in [6.07, 6.45) is -0.503. The first-order valence-electron chi connectivity index (χ1n) is 9.85. The number of carbonyl (C=O) groups excluding carboxylic acids is 2. The molecule has 158 valence electrons. The summed E-state index contributed by atoms with van der Waals surface area (Å²) in [6, 6.07) is 7.18. The Labute approximate surface area is 182 Å². The predicted octanol–water partition coefficient (Wildman–Crippen LogP) is 1.27. The fourth-order valence-corrected chi connectivity index (χ4v) is 6.00. The molecule has 30 heavy (non-hydrogen) atoms. The van der Waals surface area contributed by atoms with Gasteiger partial charge < -0.3 is 19.4 Å². The summed E-state index contributed by atoms with van der Waals surface area (Å²) in [5.74, 6) is 1.24. The third-order valence-electron chi connectivity index (χ3n) is 5.46. The molecule has 3 aliphatic rings. The summed E-state index contributed by atoms with van der Waals surface area (Å²) >= 11 is 3.36. The minimum absolute atomic E-state index is 0.292. The lowest BCUT2D eigenvalue weighted by Crippen LogP contribution is -2.64. The number of carbonyl (C=O) groups is 2. The van der Waals surface area contributed by atoms with Crippen molar-refractivity contribution in [2.45, 2.75) is 16.5 Å². The van der Waals surface area contributed by atoms with E-state index in [1.54, 1.807) is 30.1 Å². The molecule has 2 aromatic rings. The molecule has 1 N–H and O–H groups in total. The van der Waals surface area contributed by atoms with Crippen LogP contribution in [0.5, 0.6) is 0 Å². The minimum Gasteiger partial charge on any atom is -0.378 e. The van der Waals surface area contributed by atoms with Crippen LogP contribution in [0.4, 0.5) is 4.79 Å². The molecule has 0 saturated carbocycles. The molecule has 0 spiro atoms. The lowest BCUT2D eigenvalue weighted by molar-refractivity contribution is -0.127. The maximum Gasteiger partial charge on any atom is 0.325 e. The van der Waals surface area contributed by atoms with Crippen LogP contribution in [0.15, 0.2) is 33.6 Å². The number of morpholine rings is 1. The normalized spacial score (nSPS) is 24.3. The molecule has 5 rings (SSSR count). The summed E-state index contributed by atoms with van der Waals surface area (Å²) in [4.78, 5) is 39.9. The van der Waals surface area contributed by atoms with E-state index < -0.39 is 18.2 Å². The summed E-state index contributed by atoms with van der Waals surface area (Å²) < 4.78 is 7.65. The summed E-state index contributed by atoms with van der Waals surface area (Å²) in [5, 5.41) is 2.45. The highest BCUT2D eigenvalue weighted by atomic mass is 32.2. The number of hydrogen-bond acceptors (Lipinski definition) is 9. The number of para-hydroxylation sites is 1. The van der Waals surface area contributed by atoms with E-state index in [9.17, 15) is 9.59 Å².